The number of rotatable bonds is 2. The molecule has 0 amide bonds. The average molecular weight is 349 g/mol. The van der Waals surface area contributed by atoms with Gasteiger partial charge in [-0.05, 0) is 19.3 Å². The van der Waals surface area contributed by atoms with Gasteiger partial charge in [-0.1, -0.05) is 0 Å². The highest BCUT2D eigenvalue weighted by atomic mass is 16.5. The van der Waals surface area contributed by atoms with Crippen LogP contribution >= 0.6 is 0 Å². The second kappa shape index (κ2) is 5.49. The van der Waals surface area contributed by atoms with Crippen LogP contribution in [0.25, 0.3) is 11.2 Å². The number of nitrogens with one attached hydrogen (secondary N) is 1. The first-order valence-corrected chi connectivity index (χ1v) is 8.51. The van der Waals surface area contributed by atoms with Gasteiger partial charge in [0.05, 0.1) is 19.0 Å². The first-order valence-electron chi connectivity index (χ1n) is 8.51. The van der Waals surface area contributed by atoms with Gasteiger partial charge < -0.3 is 25.0 Å². The quantitative estimate of drug-likeness (QED) is 0.674. The van der Waals surface area contributed by atoms with Crippen LogP contribution in [-0.2, 0) is 9.47 Å². The molecule has 5 heterocycles. The molecule has 0 aromatic carbocycles. The normalized spacial score (nSPS) is 34.1. The molecule has 3 N–H and O–H groups in total. The van der Waals surface area contributed by atoms with Crippen molar-refractivity contribution in [3.05, 3.63) is 16.7 Å². The lowest BCUT2D eigenvalue weighted by Crippen LogP contribution is -2.43. The summed E-state index contributed by atoms with van der Waals surface area (Å²) < 4.78 is 14.6. The minimum absolute atomic E-state index is 0.136. The molecule has 3 aliphatic heterocycles. The lowest BCUT2D eigenvalue weighted by molar-refractivity contribution is -0.0901. The van der Waals surface area contributed by atoms with E-state index in [4.69, 9.17) is 9.47 Å². The average Bonchev–Trinajstić information content (AvgIpc) is 3.18. The Balaban J connectivity index is 1.61. The first kappa shape index (κ1) is 15.3. The Labute approximate surface area is 142 Å². The lowest BCUT2D eigenvalue weighted by atomic mass is 10.1. The SMILES string of the molecule is O=c1c2ncn([C@H]3C[C@H](O)[C@@H](CO)O3)c2nc2n1C1CCCC(N2)O1. The van der Waals surface area contributed by atoms with Crippen molar-refractivity contribution in [2.24, 2.45) is 0 Å². The minimum Gasteiger partial charge on any atom is -0.394 e. The summed E-state index contributed by atoms with van der Waals surface area (Å²) in [5.74, 6) is 0.470. The monoisotopic (exact) mass is 349 g/mol. The maximum atomic E-state index is 12.9. The van der Waals surface area contributed by atoms with E-state index in [-0.39, 0.29) is 30.1 Å². The Bertz CT molecular complexity index is 879. The molecule has 3 aliphatic rings. The second-order valence-corrected chi connectivity index (χ2v) is 6.70. The van der Waals surface area contributed by atoms with Crippen molar-refractivity contribution in [2.45, 2.75) is 56.6 Å². The Morgan fingerprint density at radius 1 is 1.32 bits per heavy atom. The third kappa shape index (κ3) is 2.21. The summed E-state index contributed by atoms with van der Waals surface area (Å²) in [5.41, 5.74) is 0.386. The molecule has 5 atom stereocenters. The van der Waals surface area contributed by atoms with Crippen molar-refractivity contribution >= 4 is 17.1 Å². The largest absolute Gasteiger partial charge is 0.394 e. The van der Waals surface area contributed by atoms with Gasteiger partial charge in [0.15, 0.2) is 11.2 Å². The summed E-state index contributed by atoms with van der Waals surface area (Å²) >= 11 is 0. The molecule has 0 spiro atoms. The number of nitrogens with zero attached hydrogens (tertiary/aromatic N) is 4. The lowest BCUT2D eigenvalue weighted by Gasteiger charge is -2.37. The van der Waals surface area contributed by atoms with E-state index < -0.39 is 18.4 Å². The fourth-order valence-corrected chi connectivity index (χ4v) is 3.85. The number of aromatic nitrogens is 4. The van der Waals surface area contributed by atoms with Gasteiger partial charge in [-0.15, -0.1) is 0 Å². The van der Waals surface area contributed by atoms with Crippen molar-refractivity contribution < 1.29 is 19.7 Å². The number of aliphatic hydroxyl groups excluding tert-OH is 2. The summed E-state index contributed by atoms with van der Waals surface area (Å²) in [7, 11) is 0. The van der Waals surface area contributed by atoms with E-state index in [0.717, 1.165) is 19.3 Å². The van der Waals surface area contributed by atoms with Gasteiger partial charge in [-0.25, -0.2) is 9.55 Å². The van der Waals surface area contributed by atoms with Crippen LogP contribution in [0.1, 0.15) is 38.1 Å². The summed E-state index contributed by atoms with van der Waals surface area (Å²) in [6.07, 6.45) is 2.05. The predicted molar refractivity (Wildman–Crippen MR) is 84.8 cm³/mol. The Morgan fingerprint density at radius 2 is 2.20 bits per heavy atom. The van der Waals surface area contributed by atoms with E-state index in [0.29, 0.717) is 18.0 Å². The fourth-order valence-electron chi connectivity index (χ4n) is 3.85. The van der Waals surface area contributed by atoms with Crippen molar-refractivity contribution in [3.63, 3.8) is 0 Å². The smallest absolute Gasteiger partial charge is 0.285 e. The summed E-state index contributed by atoms with van der Waals surface area (Å²) in [5, 5.41) is 22.4. The van der Waals surface area contributed by atoms with E-state index in [1.54, 1.807) is 4.57 Å². The van der Waals surface area contributed by atoms with E-state index in [1.165, 1.54) is 10.9 Å². The summed E-state index contributed by atoms with van der Waals surface area (Å²) in [4.78, 5) is 21.7. The third-order valence-electron chi connectivity index (χ3n) is 5.14. The summed E-state index contributed by atoms with van der Waals surface area (Å²) in [6.45, 7) is -0.266. The highest BCUT2D eigenvalue weighted by molar-refractivity contribution is 5.71. The van der Waals surface area contributed by atoms with Crippen molar-refractivity contribution in [3.8, 4) is 0 Å². The van der Waals surface area contributed by atoms with Crippen LogP contribution in [0.5, 0.6) is 0 Å². The highest BCUT2D eigenvalue weighted by Crippen LogP contribution is 2.34. The molecular weight excluding hydrogens is 330 g/mol. The molecule has 0 radical (unpaired) electrons. The number of ether oxygens (including phenoxy) is 2. The van der Waals surface area contributed by atoms with Crippen LogP contribution in [0.2, 0.25) is 0 Å². The van der Waals surface area contributed by atoms with E-state index in [2.05, 4.69) is 15.3 Å². The van der Waals surface area contributed by atoms with Crippen LogP contribution in [0, 0.1) is 0 Å². The van der Waals surface area contributed by atoms with Crippen molar-refractivity contribution in [2.75, 3.05) is 11.9 Å². The van der Waals surface area contributed by atoms with Gasteiger partial charge in [0, 0.05) is 6.42 Å². The van der Waals surface area contributed by atoms with Gasteiger partial charge in [0.2, 0.25) is 5.95 Å². The molecule has 5 rings (SSSR count). The first-order chi connectivity index (χ1) is 12.2. The Kier molecular flexibility index (Phi) is 3.35. The molecule has 10 nitrogen and oxygen atoms in total. The topological polar surface area (TPSA) is 124 Å². The molecule has 0 saturated carbocycles. The predicted octanol–water partition coefficient (Wildman–Crippen LogP) is -0.316. The maximum Gasteiger partial charge on any atom is 0.285 e. The number of aliphatic hydroxyl groups is 2. The van der Waals surface area contributed by atoms with Crippen LogP contribution in [0.3, 0.4) is 0 Å². The standard InChI is InChI=1S/C15H19N5O5/c21-5-8-7(22)4-11(24-8)19-6-16-12-13(19)18-15-17-9-2-1-3-10(25-9)20(15)14(12)23/h6-11,21-22H,1-5H2,(H,17,18)/t7-,8+,9?,10?,11+/m0/s1. The number of imidazole rings is 1. The number of hydrogen-bond acceptors (Lipinski definition) is 8. The molecule has 134 valence electrons. The van der Waals surface area contributed by atoms with Crippen LogP contribution in [0.4, 0.5) is 5.95 Å². The van der Waals surface area contributed by atoms with Crippen LogP contribution in [0.15, 0.2) is 11.1 Å². The molecule has 0 aliphatic carbocycles. The molecule has 2 saturated heterocycles. The van der Waals surface area contributed by atoms with Gasteiger partial charge in [-0.3, -0.25) is 9.36 Å². The Morgan fingerprint density at radius 3 is 3.00 bits per heavy atom. The fraction of sp³-hybridized carbons (Fsp3) is 0.667. The van der Waals surface area contributed by atoms with E-state index in [1.807, 2.05) is 0 Å². The number of hydrogen-bond donors (Lipinski definition) is 3. The zero-order valence-corrected chi connectivity index (χ0v) is 13.4. The van der Waals surface area contributed by atoms with Crippen LogP contribution < -0.4 is 10.9 Å². The molecule has 2 aromatic heterocycles. The van der Waals surface area contributed by atoms with Gasteiger partial charge in [0.1, 0.15) is 24.8 Å². The van der Waals surface area contributed by atoms with E-state index >= 15 is 0 Å². The zero-order valence-electron chi connectivity index (χ0n) is 13.4. The highest BCUT2D eigenvalue weighted by Gasteiger charge is 2.37. The number of anilines is 1. The molecule has 2 fully saturated rings. The zero-order chi connectivity index (χ0) is 17.1. The minimum atomic E-state index is -0.767. The summed E-state index contributed by atoms with van der Waals surface area (Å²) in [6, 6.07) is 0. The molecule has 2 unspecified atom stereocenters. The van der Waals surface area contributed by atoms with E-state index in [9.17, 15) is 15.0 Å². The third-order valence-corrected chi connectivity index (χ3v) is 5.14. The molecule has 2 bridgehead atoms. The molecule has 25 heavy (non-hydrogen) atoms. The van der Waals surface area contributed by atoms with Crippen molar-refractivity contribution in [1.82, 2.24) is 19.1 Å². The van der Waals surface area contributed by atoms with Gasteiger partial charge >= 0.3 is 0 Å². The molecule has 10 heteroatoms. The van der Waals surface area contributed by atoms with Crippen LogP contribution in [-0.4, -0.2) is 54.4 Å². The molecular formula is C15H19N5O5. The second-order valence-electron chi connectivity index (χ2n) is 6.70. The van der Waals surface area contributed by atoms with Gasteiger partial charge in [0.25, 0.3) is 5.56 Å². The maximum absolute atomic E-state index is 12.9. The van der Waals surface area contributed by atoms with Crippen molar-refractivity contribution in [1.29, 1.82) is 0 Å². The molecule has 2 aromatic rings. The Hall–Kier alpha value is -2.01. The van der Waals surface area contributed by atoms with Gasteiger partial charge in [-0.2, -0.15) is 4.98 Å². The number of fused-ring (bicyclic) bond motifs is 5.